The molecule has 0 bridgehead atoms. The SMILES string of the molecule is CN1CC(O)(CN2Cc3cc4c(cc3C2)C(=O)N(C2CCC(=O)NC2=O)C4=O)C1.C[C@H]1CC2(CCN(c3ccc(C=O)cc3)CC2)CN1c1ccc(C#N)c(Cl)c1. The maximum Gasteiger partial charge on any atom is 0.262 e. The molecule has 296 valence electrons. The van der Waals surface area contributed by atoms with Crippen LogP contribution in [-0.4, -0.2) is 114 Å². The van der Waals surface area contributed by atoms with Crippen molar-refractivity contribution in [3.63, 3.8) is 0 Å². The summed E-state index contributed by atoms with van der Waals surface area (Å²) in [6.07, 6.45) is 4.64. The number of hydrogen-bond donors (Lipinski definition) is 2. The van der Waals surface area contributed by atoms with Gasteiger partial charge in [0.2, 0.25) is 11.8 Å². The van der Waals surface area contributed by atoms with Crippen LogP contribution in [0.1, 0.15) is 86.8 Å². The summed E-state index contributed by atoms with van der Waals surface area (Å²) in [6.45, 7) is 8.41. The lowest BCUT2D eigenvalue weighted by atomic mass is 9.76. The molecule has 2 N–H and O–H groups in total. The highest BCUT2D eigenvalue weighted by atomic mass is 35.5. The van der Waals surface area contributed by atoms with Crippen molar-refractivity contribution in [2.45, 2.75) is 69.8 Å². The first kappa shape index (κ1) is 38.7. The topological polar surface area (TPSA) is 158 Å². The molecular weight excluding hydrogens is 746 g/mol. The lowest BCUT2D eigenvalue weighted by molar-refractivity contribution is -0.136. The Morgan fingerprint density at radius 3 is 2.12 bits per heavy atom. The van der Waals surface area contributed by atoms with Gasteiger partial charge in [0.15, 0.2) is 0 Å². The quantitative estimate of drug-likeness (QED) is 0.275. The number of β-amino-alcohol motifs (C(OH)–C–C–N with tert-alkyl or cyclic N) is 1. The molecule has 3 aromatic carbocycles. The van der Waals surface area contributed by atoms with Crippen LogP contribution in [0.25, 0.3) is 0 Å². The molecule has 6 aliphatic heterocycles. The van der Waals surface area contributed by atoms with Gasteiger partial charge in [-0.05, 0) is 111 Å². The van der Waals surface area contributed by atoms with Crippen LogP contribution in [0, 0.1) is 16.7 Å². The van der Waals surface area contributed by atoms with Crippen LogP contribution in [0.4, 0.5) is 11.4 Å². The van der Waals surface area contributed by atoms with E-state index in [2.05, 4.69) is 37.9 Å². The third kappa shape index (κ3) is 7.43. The molecule has 9 rings (SSSR count). The Labute approximate surface area is 336 Å². The first-order valence-corrected chi connectivity index (χ1v) is 19.9. The van der Waals surface area contributed by atoms with Gasteiger partial charge < -0.3 is 19.8 Å². The summed E-state index contributed by atoms with van der Waals surface area (Å²) in [7, 11) is 1.96. The number of carbonyl (C=O) groups excluding carboxylic acids is 5. The van der Waals surface area contributed by atoms with E-state index >= 15 is 0 Å². The van der Waals surface area contributed by atoms with Gasteiger partial charge in [0.05, 0.1) is 21.7 Å². The van der Waals surface area contributed by atoms with E-state index in [4.69, 9.17) is 16.9 Å². The molecule has 57 heavy (non-hydrogen) atoms. The number of nitriles is 1. The van der Waals surface area contributed by atoms with Gasteiger partial charge in [0.25, 0.3) is 11.8 Å². The van der Waals surface area contributed by atoms with Crippen LogP contribution < -0.4 is 15.1 Å². The smallest absolute Gasteiger partial charge is 0.262 e. The van der Waals surface area contributed by atoms with Crippen LogP contribution >= 0.6 is 11.6 Å². The van der Waals surface area contributed by atoms with Crippen molar-refractivity contribution in [3.8, 4) is 6.07 Å². The summed E-state index contributed by atoms with van der Waals surface area (Å²) in [5.41, 5.74) is 5.72. The first-order valence-electron chi connectivity index (χ1n) is 19.5. The van der Waals surface area contributed by atoms with Gasteiger partial charge >= 0.3 is 0 Å². The van der Waals surface area contributed by atoms with E-state index < -0.39 is 29.4 Å². The summed E-state index contributed by atoms with van der Waals surface area (Å²) in [5, 5.41) is 22.4. The van der Waals surface area contributed by atoms with Gasteiger partial charge in [0.1, 0.15) is 24.0 Å². The Hall–Kier alpha value is -5.13. The van der Waals surface area contributed by atoms with E-state index in [-0.39, 0.29) is 18.7 Å². The van der Waals surface area contributed by atoms with Crippen molar-refractivity contribution in [2.75, 3.05) is 56.1 Å². The van der Waals surface area contributed by atoms with Gasteiger partial charge in [-0.2, -0.15) is 5.26 Å². The average Bonchev–Trinajstić information content (AvgIpc) is 3.80. The zero-order valence-corrected chi connectivity index (χ0v) is 32.9. The highest BCUT2D eigenvalue weighted by Gasteiger charge is 2.47. The minimum absolute atomic E-state index is 0.105. The number of amides is 4. The van der Waals surface area contributed by atoms with Gasteiger partial charge in [-0.3, -0.25) is 39.1 Å². The number of aldehydes is 1. The highest BCUT2D eigenvalue weighted by Crippen LogP contribution is 2.46. The van der Waals surface area contributed by atoms with E-state index in [1.54, 1.807) is 12.1 Å². The van der Waals surface area contributed by atoms with E-state index in [1.807, 2.05) is 49.5 Å². The second kappa shape index (κ2) is 15.0. The van der Waals surface area contributed by atoms with Gasteiger partial charge in [-0.25, -0.2) is 0 Å². The number of nitrogens with zero attached hydrogens (tertiary/aromatic N) is 6. The summed E-state index contributed by atoms with van der Waals surface area (Å²) in [5.74, 6) is -1.96. The average molecular weight is 792 g/mol. The summed E-state index contributed by atoms with van der Waals surface area (Å²) >= 11 is 6.26. The van der Waals surface area contributed by atoms with E-state index in [0.717, 1.165) is 66.0 Å². The Morgan fingerprint density at radius 1 is 0.930 bits per heavy atom. The molecule has 0 aromatic heterocycles. The van der Waals surface area contributed by atoms with Crippen LogP contribution in [-0.2, 0) is 22.7 Å². The monoisotopic (exact) mass is 791 g/mol. The number of nitrogens with one attached hydrogen (secondary N) is 1. The molecule has 14 heteroatoms. The molecule has 4 fully saturated rings. The molecule has 1 unspecified atom stereocenters. The van der Waals surface area contributed by atoms with E-state index in [0.29, 0.717) is 65.9 Å². The predicted molar refractivity (Wildman–Crippen MR) is 213 cm³/mol. The summed E-state index contributed by atoms with van der Waals surface area (Å²) < 4.78 is 0. The number of benzene rings is 3. The minimum atomic E-state index is -0.948. The Balaban J connectivity index is 0.000000160. The first-order chi connectivity index (χ1) is 27.3. The number of fused-ring (bicyclic) bond motifs is 2. The third-order valence-electron chi connectivity index (χ3n) is 12.6. The zero-order chi connectivity index (χ0) is 40.2. The number of imide groups is 2. The molecule has 1 spiro atoms. The van der Waals surface area contributed by atoms with E-state index in [1.165, 1.54) is 12.1 Å². The van der Waals surface area contributed by atoms with Gasteiger partial charge in [-0.15, -0.1) is 0 Å². The molecule has 0 radical (unpaired) electrons. The number of halogens is 1. The Morgan fingerprint density at radius 2 is 1.56 bits per heavy atom. The largest absolute Gasteiger partial charge is 0.386 e. The van der Waals surface area contributed by atoms with Crippen molar-refractivity contribution in [1.29, 1.82) is 5.26 Å². The molecule has 0 saturated carbocycles. The lowest BCUT2D eigenvalue weighted by Crippen LogP contribution is -2.64. The van der Waals surface area contributed by atoms with E-state index in [9.17, 15) is 29.1 Å². The highest BCUT2D eigenvalue weighted by molar-refractivity contribution is 6.32. The number of carbonyl (C=O) groups is 5. The van der Waals surface area contributed by atoms with Crippen molar-refractivity contribution in [3.05, 3.63) is 93.0 Å². The van der Waals surface area contributed by atoms with Crippen LogP contribution in [0.3, 0.4) is 0 Å². The Kier molecular flexibility index (Phi) is 10.2. The van der Waals surface area contributed by atoms with Crippen molar-refractivity contribution in [1.82, 2.24) is 20.0 Å². The van der Waals surface area contributed by atoms with Crippen LogP contribution in [0.2, 0.25) is 5.02 Å². The van der Waals surface area contributed by atoms with Crippen molar-refractivity contribution >= 4 is 52.9 Å². The van der Waals surface area contributed by atoms with Crippen molar-refractivity contribution in [2.24, 2.45) is 5.41 Å². The number of piperidine rings is 2. The zero-order valence-electron chi connectivity index (χ0n) is 32.2. The number of likely N-dealkylation sites (N-methyl/N-ethyl adjacent to an activating group) is 1. The molecular formula is C43H46ClN7O6. The predicted octanol–water partition coefficient (Wildman–Crippen LogP) is 3.99. The maximum atomic E-state index is 12.9. The lowest BCUT2D eigenvalue weighted by Gasteiger charge is -2.46. The summed E-state index contributed by atoms with van der Waals surface area (Å²) in [4.78, 5) is 70.3. The second-order valence-corrected chi connectivity index (χ2v) is 17.2. The second-order valence-electron chi connectivity index (χ2n) is 16.8. The van der Waals surface area contributed by atoms with Crippen LogP contribution in [0.5, 0.6) is 0 Å². The molecule has 6 aliphatic rings. The fourth-order valence-electron chi connectivity index (χ4n) is 9.83. The molecule has 3 aromatic rings. The Bertz CT molecular complexity index is 2150. The molecule has 4 amide bonds. The standard InChI is InChI=1S/C23H24ClN3O.C20H22N4O5/c1-17-13-23(16-27(17)21-7-4-19(14-25)22(24)12-21)8-10-26(11-9-23)20-5-2-18(15-28)3-6-20;1-22-8-20(29,9-22)10-23-6-11-4-13-14(5-12(11)7-23)19(28)24(18(13)27)15-2-3-16(25)21-17(15)26/h2-7,12,15,17H,8-11,13,16H2,1H3;4-5,15,29H,2-3,6-10H2,1H3,(H,21,25,26)/t17-;/m0./s1. The molecule has 4 saturated heterocycles. The number of rotatable bonds is 6. The third-order valence-corrected chi connectivity index (χ3v) is 12.9. The normalized spacial score (nSPS) is 23.7. The van der Waals surface area contributed by atoms with Crippen molar-refractivity contribution < 1.29 is 29.1 Å². The fraction of sp³-hybridized carbons (Fsp3) is 0.442. The number of hydrogen-bond acceptors (Lipinski definition) is 11. The summed E-state index contributed by atoms with van der Waals surface area (Å²) in [6, 6.07) is 18.8. The number of anilines is 2. The fourth-order valence-corrected chi connectivity index (χ4v) is 10.0. The maximum absolute atomic E-state index is 12.9. The molecule has 6 heterocycles. The molecule has 2 atom stereocenters. The minimum Gasteiger partial charge on any atom is -0.386 e. The van der Waals surface area contributed by atoms with Crippen LogP contribution in [0.15, 0.2) is 54.6 Å². The number of likely N-dealkylation sites (tertiary alicyclic amines) is 1. The molecule has 13 nitrogen and oxygen atoms in total. The van der Waals surface area contributed by atoms with Gasteiger partial charge in [0, 0.05) is 81.8 Å². The molecule has 0 aliphatic carbocycles. The number of aliphatic hydroxyl groups is 1. The van der Waals surface area contributed by atoms with Gasteiger partial charge in [-0.1, -0.05) is 11.6 Å².